The minimum Gasteiger partial charge on any atom is -0.366 e. The highest BCUT2D eigenvalue weighted by Gasteiger charge is 2.22. The summed E-state index contributed by atoms with van der Waals surface area (Å²) in [5.41, 5.74) is 2.53. The second-order valence-electron chi connectivity index (χ2n) is 4.29. The number of nitrogens with one attached hydrogen (secondary N) is 2. The van der Waals surface area contributed by atoms with Crippen LogP contribution in [0.2, 0.25) is 0 Å². The molecule has 1 aliphatic rings. The standard InChI is InChI=1S/C10H16BrN5/c1-6-2-3-7(4-6)15-9-8(11)10(16-12)14-5-13-9/h5-7H,2-4,12H2,1H3,(H2,13,14,15,16). The molecule has 0 amide bonds. The Morgan fingerprint density at radius 3 is 2.75 bits per heavy atom. The van der Waals surface area contributed by atoms with Crippen molar-refractivity contribution in [3.63, 3.8) is 0 Å². The van der Waals surface area contributed by atoms with E-state index in [0.29, 0.717) is 11.9 Å². The lowest BCUT2D eigenvalue weighted by atomic mass is 10.1. The first-order valence-electron chi connectivity index (χ1n) is 5.44. The normalized spacial score (nSPS) is 24.4. The van der Waals surface area contributed by atoms with Gasteiger partial charge in [0.05, 0.1) is 0 Å². The van der Waals surface area contributed by atoms with E-state index in [4.69, 9.17) is 5.84 Å². The number of rotatable bonds is 3. The van der Waals surface area contributed by atoms with Gasteiger partial charge in [0.15, 0.2) is 5.82 Å². The molecule has 1 saturated carbocycles. The summed E-state index contributed by atoms with van der Waals surface area (Å²) in [6, 6.07) is 0.506. The summed E-state index contributed by atoms with van der Waals surface area (Å²) in [6.07, 6.45) is 5.17. The number of nitrogens with two attached hydrogens (primary N) is 1. The third-order valence-corrected chi connectivity index (χ3v) is 3.71. The van der Waals surface area contributed by atoms with Gasteiger partial charge in [-0.1, -0.05) is 6.92 Å². The van der Waals surface area contributed by atoms with Crippen molar-refractivity contribution in [3.05, 3.63) is 10.8 Å². The molecule has 1 heterocycles. The summed E-state index contributed by atoms with van der Waals surface area (Å²) in [4.78, 5) is 8.22. The van der Waals surface area contributed by atoms with Crippen LogP contribution < -0.4 is 16.6 Å². The van der Waals surface area contributed by atoms with E-state index in [1.807, 2.05) is 0 Å². The van der Waals surface area contributed by atoms with Crippen molar-refractivity contribution in [2.24, 2.45) is 11.8 Å². The van der Waals surface area contributed by atoms with Gasteiger partial charge in [0.25, 0.3) is 0 Å². The molecule has 5 nitrogen and oxygen atoms in total. The first kappa shape index (κ1) is 11.6. The summed E-state index contributed by atoms with van der Waals surface area (Å²) in [5.74, 6) is 7.56. The van der Waals surface area contributed by atoms with Gasteiger partial charge in [-0.15, -0.1) is 0 Å². The van der Waals surface area contributed by atoms with Gasteiger partial charge in [-0.25, -0.2) is 15.8 Å². The fourth-order valence-corrected chi connectivity index (χ4v) is 2.54. The zero-order chi connectivity index (χ0) is 11.5. The SMILES string of the molecule is CC1CCC(Nc2ncnc(NN)c2Br)C1. The second kappa shape index (κ2) is 4.97. The van der Waals surface area contributed by atoms with E-state index in [2.05, 4.69) is 43.6 Å². The number of aromatic nitrogens is 2. The summed E-state index contributed by atoms with van der Waals surface area (Å²) >= 11 is 3.43. The van der Waals surface area contributed by atoms with E-state index in [0.717, 1.165) is 16.2 Å². The van der Waals surface area contributed by atoms with Gasteiger partial charge >= 0.3 is 0 Å². The molecule has 1 aromatic heterocycles. The Balaban J connectivity index is 2.09. The van der Waals surface area contributed by atoms with E-state index >= 15 is 0 Å². The van der Waals surface area contributed by atoms with Crippen LogP contribution in [0.1, 0.15) is 26.2 Å². The van der Waals surface area contributed by atoms with Crippen LogP contribution in [0.4, 0.5) is 11.6 Å². The quantitative estimate of drug-likeness (QED) is 0.586. The van der Waals surface area contributed by atoms with Crippen LogP contribution in [0, 0.1) is 5.92 Å². The van der Waals surface area contributed by atoms with E-state index in [-0.39, 0.29) is 0 Å². The zero-order valence-corrected chi connectivity index (χ0v) is 10.8. The van der Waals surface area contributed by atoms with Crippen molar-refractivity contribution in [3.8, 4) is 0 Å². The van der Waals surface area contributed by atoms with Gasteiger partial charge in [-0.2, -0.15) is 0 Å². The van der Waals surface area contributed by atoms with Gasteiger partial charge < -0.3 is 10.7 Å². The van der Waals surface area contributed by atoms with Gasteiger partial charge in [-0.05, 0) is 41.1 Å². The molecule has 16 heavy (non-hydrogen) atoms. The fourth-order valence-electron chi connectivity index (χ4n) is 2.10. The molecule has 2 unspecified atom stereocenters. The first-order chi connectivity index (χ1) is 7.70. The first-order valence-corrected chi connectivity index (χ1v) is 6.23. The van der Waals surface area contributed by atoms with Crippen LogP contribution in [0.15, 0.2) is 10.8 Å². The number of hydrogen-bond donors (Lipinski definition) is 3. The monoisotopic (exact) mass is 285 g/mol. The second-order valence-corrected chi connectivity index (χ2v) is 5.08. The Labute approximate surface area is 103 Å². The number of halogens is 1. The topological polar surface area (TPSA) is 75.9 Å². The molecule has 2 atom stereocenters. The summed E-state index contributed by atoms with van der Waals surface area (Å²) in [5, 5.41) is 3.42. The lowest BCUT2D eigenvalue weighted by Crippen LogP contribution is -2.18. The molecule has 0 radical (unpaired) electrons. The minimum atomic E-state index is 0.506. The van der Waals surface area contributed by atoms with E-state index in [1.165, 1.54) is 25.6 Å². The van der Waals surface area contributed by atoms with Crippen molar-refractivity contribution >= 4 is 27.6 Å². The molecule has 0 saturated heterocycles. The molecule has 0 aliphatic heterocycles. The van der Waals surface area contributed by atoms with Gasteiger partial charge in [-0.3, -0.25) is 0 Å². The van der Waals surface area contributed by atoms with Crippen molar-refractivity contribution in [2.45, 2.75) is 32.2 Å². The third kappa shape index (κ3) is 2.44. The van der Waals surface area contributed by atoms with Crippen LogP contribution >= 0.6 is 15.9 Å². The molecular formula is C10H16BrN5. The van der Waals surface area contributed by atoms with Crippen molar-refractivity contribution in [2.75, 3.05) is 10.7 Å². The molecule has 4 N–H and O–H groups in total. The van der Waals surface area contributed by atoms with Crippen molar-refractivity contribution in [1.29, 1.82) is 0 Å². The number of hydrazine groups is 1. The maximum atomic E-state index is 5.35. The largest absolute Gasteiger partial charge is 0.366 e. The molecule has 6 heteroatoms. The molecule has 1 aromatic rings. The highest BCUT2D eigenvalue weighted by Crippen LogP contribution is 2.31. The molecule has 1 fully saturated rings. The lowest BCUT2D eigenvalue weighted by molar-refractivity contribution is 0.602. The van der Waals surface area contributed by atoms with Crippen LogP contribution in [-0.2, 0) is 0 Å². The van der Waals surface area contributed by atoms with Crippen LogP contribution in [0.25, 0.3) is 0 Å². The summed E-state index contributed by atoms with van der Waals surface area (Å²) in [6.45, 7) is 2.28. The lowest BCUT2D eigenvalue weighted by Gasteiger charge is -2.15. The molecule has 0 aromatic carbocycles. The van der Waals surface area contributed by atoms with E-state index < -0.39 is 0 Å². The highest BCUT2D eigenvalue weighted by molar-refractivity contribution is 9.10. The molecule has 2 rings (SSSR count). The molecule has 88 valence electrons. The van der Waals surface area contributed by atoms with E-state index in [9.17, 15) is 0 Å². The maximum absolute atomic E-state index is 5.35. The zero-order valence-electron chi connectivity index (χ0n) is 9.20. The molecule has 0 bridgehead atoms. The third-order valence-electron chi connectivity index (χ3n) is 2.96. The van der Waals surface area contributed by atoms with Crippen LogP contribution in [0.5, 0.6) is 0 Å². The van der Waals surface area contributed by atoms with Crippen molar-refractivity contribution < 1.29 is 0 Å². The van der Waals surface area contributed by atoms with Gasteiger partial charge in [0.2, 0.25) is 0 Å². The van der Waals surface area contributed by atoms with Crippen molar-refractivity contribution in [1.82, 2.24) is 9.97 Å². The van der Waals surface area contributed by atoms with E-state index in [1.54, 1.807) is 0 Å². The average molecular weight is 286 g/mol. The summed E-state index contributed by atoms with van der Waals surface area (Å²) in [7, 11) is 0. The summed E-state index contributed by atoms with van der Waals surface area (Å²) < 4.78 is 0.789. The predicted octanol–water partition coefficient (Wildman–Crippen LogP) is 2.13. The number of hydrogen-bond acceptors (Lipinski definition) is 5. The Hall–Kier alpha value is -0.880. The molecular weight excluding hydrogens is 270 g/mol. The number of nitrogens with zero attached hydrogens (tertiary/aromatic N) is 2. The van der Waals surface area contributed by atoms with Gasteiger partial charge in [0.1, 0.15) is 16.6 Å². The minimum absolute atomic E-state index is 0.506. The Kier molecular flexibility index (Phi) is 3.60. The Morgan fingerprint density at radius 1 is 1.38 bits per heavy atom. The smallest absolute Gasteiger partial charge is 0.159 e. The Bertz CT molecular complexity index is 370. The predicted molar refractivity (Wildman–Crippen MR) is 68.0 cm³/mol. The average Bonchev–Trinajstić information content (AvgIpc) is 2.67. The number of anilines is 2. The van der Waals surface area contributed by atoms with Crippen LogP contribution in [0.3, 0.4) is 0 Å². The number of nitrogen functional groups attached to an aromatic ring is 1. The molecule has 0 spiro atoms. The fraction of sp³-hybridized carbons (Fsp3) is 0.600. The maximum Gasteiger partial charge on any atom is 0.159 e. The Morgan fingerprint density at radius 2 is 2.12 bits per heavy atom. The molecule has 1 aliphatic carbocycles. The van der Waals surface area contributed by atoms with Crippen LogP contribution in [-0.4, -0.2) is 16.0 Å². The highest BCUT2D eigenvalue weighted by atomic mass is 79.9. The van der Waals surface area contributed by atoms with Gasteiger partial charge in [0, 0.05) is 6.04 Å².